The zero-order valence-electron chi connectivity index (χ0n) is 16.5. The minimum atomic E-state index is -0.282. The zero-order chi connectivity index (χ0) is 20.8. The molecular formula is C21H21BrN4O3. The number of hydrogen-bond acceptors (Lipinski definition) is 5. The lowest BCUT2D eigenvalue weighted by Gasteiger charge is -2.29. The molecule has 0 spiro atoms. The first-order valence-corrected chi connectivity index (χ1v) is 10.1. The molecule has 0 saturated carbocycles. The topological polar surface area (TPSA) is 85.6 Å². The van der Waals surface area contributed by atoms with E-state index in [-0.39, 0.29) is 17.1 Å². The number of aromatic nitrogens is 3. The van der Waals surface area contributed by atoms with E-state index in [0.29, 0.717) is 41.9 Å². The molecule has 3 aromatic rings. The van der Waals surface area contributed by atoms with Crippen LogP contribution in [0.5, 0.6) is 5.75 Å². The number of methoxy groups -OCH3 is 1. The van der Waals surface area contributed by atoms with E-state index in [9.17, 15) is 9.59 Å². The highest BCUT2D eigenvalue weighted by Crippen LogP contribution is 2.34. The van der Waals surface area contributed by atoms with Crippen molar-refractivity contribution >= 4 is 33.3 Å². The number of hydrogen-bond donors (Lipinski definition) is 1. The van der Waals surface area contributed by atoms with Gasteiger partial charge in [-0.05, 0) is 30.0 Å². The van der Waals surface area contributed by atoms with Crippen molar-refractivity contribution in [1.82, 2.24) is 19.9 Å². The van der Waals surface area contributed by atoms with Crippen LogP contribution >= 0.6 is 15.9 Å². The number of ether oxygens (including phenoxy) is 1. The van der Waals surface area contributed by atoms with E-state index in [1.807, 2.05) is 18.2 Å². The van der Waals surface area contributed by atoms with Gasteiger partial charge in [0.2, 0.25) is 0 Å². The molecular weight excluding hydrogens is 436 g/mol. The molecule has 1 amide bonds. The van der Waals surface area contributed by atoms with Crippen molar-refractivity contribution in [2.75, 3.05) is 7.11 Å². The summed E-state index contributed by atoms with van der Waals surface area (Å²) in [7, 11) is 1.59. The highest BCUT2D eigenvalue weighted by atomic mass is 79.9. The average molecular weight is 457 g/mol. The van der Waals surface area contributed by atoms with Crippen LogP contribution in [0.3, 0.4) is 0 Å². The van der Waals surface area contributed by atoms with Crippen molar-refractivity contribution < 1.29 is 14.3 Å². The SMILES string of the molecule is COc1ccc(Br)cc1CNC(=O)c1cnn2c3c(cnc12)C(=O)CC(C)(C)C3. The van der Waals surface area contributed by atoms with E-state index in [1.54, 1.807) is 17.8 Å². The fourth-order valence-corrected chi connectivity index (χ4v) is 4.15. The second kappa shape index (κ2) is 7.26. The number of fused-ring (bicyclic) bond motifs is 3. The van der Waals surface area contributed by atoms with Gasteiger partial charge >= 0.3 is 0 Å². The van der Waals surface area contributed by atoms with Gasteiger partial charge in [-0.15, -0.1) is 0 Å². The summed E-state index contributed by atoms with van der Waals surface area (Å²) in [6.45, 7) is 4.42. The van der Waals surface area contributed by atoms with E-state index in [2.05, 4.69) is 45.2 Å². The third-order valence-corrected chi connectivity index (χ3v) is 5.63. The van der Waals surface area contributed by atoms with E-state index in [4.69, 9.17) is 4.74 Å². The zero-order valence-corrected chi connectivity index (χ0v) is 18.0. The molecule has 2 aromatic heterocycles. The monoisotopic (exact) mass is 456 g/mol. The first-order valence-electron chi connectivity index (χ1n) is 9.28. The predicted octanol–water partition coefficient (Wildman–Crippen LogP) is 3.59. The maximum atomic E-state index is 12.8. The number of carbonyl (C=O) groups is 2. The van der Waals surface area contributed by atoms with Gasteiger partial charge in [-0.25, -0.2) is 9.50 Å². The standard InChI is InChI=1S/C21H21BrN4O3/c1-21(2)7-16-14(17(27)8-21)10-23-19-15(11-25-26(16)19)20(28)24-9-12-6-13(22)4-5-18(12)29-3/h4-6,10-11H,7-9H2,1-3H3,(H,24,28). The lowest BCUT2D eigenvalue weighted by molar-refractivity contribution is 0.0907. The van der Waals surface area contributed by atoms with Crippen LogP contribution in [0.25, 0.3) is 5.65 Å². The van der Waals surface area contributed by atoms with E-state index in [1.165, 1.54) is 6.20 Å². The highest BCUT2D eigenvalue weighted by molar-refractivity contribution is 9.10. The van der Waals surface area contributed by atoms with Crippen molar-refractivity contribution in [3.8, 4) is 5.75 Å². The van der Waals surface area contributed by atoms with Crippen molar-refractivity contribution in [3.63, 3.8) is 0 Å². The second-order valence-corrected chi connectivity index (χ2v) is 8.91. The number of halogens is 1. The largest absolute Gasteiger partial charge is 0.496 e. The molecule has 0 bridgehead atoms. The first-order chi connectivity index (χ1) is 13.8. The number of nitrogens with zero attached hydrogens (tertiary/aromatic N) is 3. The van der Waals surface area contributed by atoms with Gasteiger partial charge in [0.05, 0.1) is 24.6 Å². The molecule has 29 heavy (non-hydrogen) atoms. The number of amides is 1. The van der Waals surface area contributed by atoms with Crippen LogP contribution < -0.4 is 10.1 Å². The Hall–Kier alpha value is -2.74. The van der Waals surface area contributed by atoms with Gasteiger partial charge in [0.1, 0.15) is 11.3 Å². The summed E-state index contributed by atoms with van der Waals surface area (Å²) < 4.78 is 7.88. The van der Waals surface area contributed by atoms with Crippen LogP contribution in [0.2, 0.25) is 0 Å². The molecule has 0 atom stereocenters. The minimum Gasteiger partial charge on any atom is -0.496 e. The molecule has 0 fully saturated rings. The summed E-state index contributed by atoms with van der Waals surface area (Å²) in [5, 5.41) is 7.27. The molecule has 1 aliphatic carbocycles. The number of benzene rings is 1. The summed E-state index contributed by atoms with van der Waals surface area (Å²) in [5.41, 5.74) is 2.92. The molecule has 1 aromatic carbocycles. The lowest BCUT2D eigenvalue weighted by atomic mass is 9.76. The van der Waals surface area contributed by atoms with Crippen molar-refractivity contribution in [3.05, 3.63) is 57.4 Å². The van der Waals surface area contributed by atoms with Crippen LogP contribution in [0.1, 0.15) is 52.2 Å². The summed E-state index contributed by atoms with van der Waals surface area (Å²) in [6, 6.07) is 5.62. The van der Waals surface area contributed by atoms with E-state index < -0.39 is 0 Å². The number of ketones is 1. The van der Waals surface area contributed by atoms with Crippen molar-refractivity contribution in [2.24, 2.45) is 5.41 Å². The average Bonchev–Trinajstić information content (AvgIpc) is 3.10. The van der Waals surface area contributed by atoms with Crippen LogP contribution in [-0.4, -0.2) is 33.4 Å². The van der Waals surface area contributed by atoms with Gasteiger partial charge in [-0.2, -0.15) is 5.10 Å². The molecule has 1 aliphatic rings. The Morgan fingerprint density at radius 3 is 2.86 bits per heavy atom. The van der Waals surface area contributed by atoms with Gasteiger partial charge in [0.25, 0.3) is 5.91 Å². The lowest BCUT2D eigenvalue weighted by Crippen LogP contribution is -2.29. The Morgan fingerprint density at radius 2 is 2.10 bits per heavy atom. The normalized spacial score (nSPS) is 15.2. The van der Waals surface area contributed by atoms with Crippen LogP contribution in [-0.2, 0) is 13.0 Å². The Bertz CT molecular complexity index is 1140. The predicted molar refractivity (Wildman–Crippen MR) is 111 cm³/mol. The molecule has 0 unspecified atom stereocenters. The number of carbonyl (C=O) groups excluding carboxylic acids is 2. The molecule has 0 radical (unpaired) electrons. The maximum absolute atomic E-state index is 12.8. The molecule has 0 saturated heterocycles. The number of Topliss-reactive ketones (excluding diaryl/α,β-unsaturated/α-hetero) is 1. The molecule has 150 valence electrons. The second-order valence-electron chi connectivity index (χ2n) is 7.99. The Labute approximate surface area is 176 Å². The van der Waals surface area contributed by atoms with Crippen molar-refractivity contribution in [1.29, 1.82) is 0 Å². The summed E-state index contributed by atoms with van der Waals surface area (Å²) >= 11 is 3.43. The van der Waals surface area contributed by atoms with Gasteiger partial charge < -0.3 is 10.1 Å². The molecule has 2 heterocycles. The van der Waals surface area contributed by atoms with Crippen LogP contribution in [0.4, 0.5) is 0 Å². The van der Waals surface area contributed by atoms with Gasteiger partial charge in [0, 0.05) is 29.2 Å². The quantitative estimate of drug-likeness (QED) is 0.648. The molecule has 1 N–H and O–H groups in total. The summed E-state index contributed by atoms with van der Waals surface area (Å²) in [6.07, 6.45) is 4.25. The fourth-order valence-electron chi connectivity index (χ4n) is 3.74. The van der Waals surface area contributed by atoms with Gasteiger partial charge in [-0.3, -0.25) is 9.59 Å². The van der Waals surface area contributed by atoms with Crippen molar-refractivity contribution in [2.45, 2.75) is 33.2 Å². The Morgan fingerprint density at radius 1 is 1.31 bits per heavy atom. The summed E-state index contributed by atoms with van der Waals surface area (Å²) in [5.74, 6) is 0.478. The Balaban J connectivity index is 1.63. The third kappa shape index (κ3) is 3.64. The molecule has 7 nitrogen and oxygen atoms in total. The third-order valence-electron chi connectivity index (χ3n) is 5.14. The number of nitrogens with one attached hydrogen (secondary N) is 1. The van der Waals surface area contributed by atoms with E-state index in [0.717, 1.165) is 15.7 Å². The van der Waals surface area contributed by atoms with Crippen LogP contribution in [0.15, 0.2) is 35.1 Å². The smallest absolute Gasteiger partial charge is 0.257 e. The first kappa shape index (κ1) is 19.6. The molecule has 8 heteroatoms. The fraction of sp³-hybridized carbons (Fsp3) is 0.333. The minimum absolute atomic E-state index is 0.0638. The van der Waals surface area contributed by atoms with Gasteiger partial charge in [-0.1, -0.05) is 29.8 Å². The van der Waals surface area contributed by atoms with E-state index >= 15 is 0 Å². The van der Waals surface area contributed by atoms with Crippen LogP contribution in [0, 0.1) is 5.41 Å². The summed E-state index contributed by atoms with van der Waals surface area (Å²) in [4.78, 5) is 29.6. The van der Waals surface area contributed by atoms with Gasteiger partial charge in [0.15, 0.2) is 11.4 Å². The number of rotatable bonds is 4. The maximum Gasteiger partial charge on any atom is 0.257 e. The molecule has 4 rings (SSSR count). The molecule has 0 aliphatic heterocycles. The Kier molecular flexibility index (Phi) is 4.90. The highest BCUT2D eigenvalue weighted by Gasteiger charge is 2.33.